The largest absolute Gasteiger partial charge is 0.481 e. The van der Waals surface area contributed by atoms with Gasteiger partial charge in [-0.3, -0.25) is 4.79 Å². The fourth-order valence-electron chi connectivity index (χ4n) is 1.21. The van der Waals surface area contributed by atoms with E-state index in [0.717, 1.165) is 10.5 Å². The van der Waals surface area contributed by atoms with Gasteiger partial charge in [0.2, 0.25) is 0 Å². The molecule has 94 valence electrons. The monoisotopic (exact) mass is 264 g/mol. The number of halogens is 1. The molecule has 2 aromatic rings. The van der Waals surface area contributed by atoms with E-state index >= 15 is 0 Å². The number of hydrogen-bond donors (Lipinski definition) is 2. The molecule has 4 heteroatoms. The Labute approximate surface area is 111 Å². The number of carboxylic acids is 1. The topological polar surface area (TPSA) is 37.3 Å². The van der Waals surface area contributed by atoms with E-state index in [-0.39, 0.29) is 12.2 Å². The van der Waals surface area contributed by atoms with E-state index in [4.69, 9.17) is 5.11 Å². The van der Waals surface area contributed by atoms with Crippen molar-refractivity contribution < 1.29 is 14.3 Å². The maximum atomic E-state index is 12.1. The molecular formula is C14H13FO2S. The van der Waals surface area contributed by atoms with Crippen LogP contribution >= 0.6 is 12.6 Å². The van der Waals surface area contributed by atoms with Crippen LogP contribution in [0.4, 0.5) is 4.39 Å². The molecule has 0 aliphatic carbocycles. The van der Waals surface area contributed by atoms with Crippen molar-refractivity contribution in [3.63, 3.8) is 0 Å². The van der Waals surface area contributed by atoms with Crippen LogP contribution in [-0.2, 0) is 11.2 Å². The van der Waals surface area contributed by atoms with Crippen LogP contribution in [0.15, 0.2) is 59.5 Å². The molecule has 2 rings (SSSR count). The highest BCUT2D eigenvalue weighted by Gasteiger charge is 1.96. The van der Waals surface area contributed by atoms with Crippen molar-refractivity contribution in [1.82, 2.24) is 0 Å². The zero-order chi connectivity index (χ0) is 13.4. The lowest BCUT2D eigenvalue weighted by Crippen LogP contribution is -1.98. The highest BCUT2D eigenvalue weighted by atomic mass is 32.1. The average molecular weight is 264 g/mol. The number of carbonyl (C=O) groups is 1. The lowest BCUT2D eigenvalue weighted by atomic mass is 10.2. The summed E-state index contributed by atoms with van der Waals surface area (Å²) in [6.07, 6.45) is 0.112. The molecule has 0 saturated heterocycles. The first kappa shape index (κ1) is 14.3. The van der Waals surface area contributed by atoms with Crippen molar-refractivity contribution >= 4 is 18.6 Å². The van der Waals surface area contributed by atoms with Gasteiger partial charge < -0.3 is 5.11 Å². The van der Waals surface area contributed by atoms with E-state index in [2.05, 4.69) is 12.6 Å². The molecule has 0 heterocycles. The Morgan fingerprint density at radius 2 is 1.61 bits per heavy atom. The zero-order valence-electron chi connectivity index (χ0n) is 9.58. The summed E-state index contributed by atoms with van der Waals surface area (Å²) >= 11 is 3.97. The molecule has 0 fully saturated rings. The average Bonchev–Trinajstić information content (AvgIpc) is 2.34. The molecule has 2 aromatic carbocycles. The van der Waals surface area contributed by atoms with Crippen LogP contribution in [0.5, 0.6) is 0 Å². The molecule has 1 N–H and O–H groups in total. The SMILES string of the molecule is Fc1ccc(S)cc1.O=C(O)Cc1ccccc1. The maximum absolute atomic E-state index is 12.1. The first-order valence-electron chi connectivity index (χ1n) is 5.28. The van der Waals surface area contributed by atoms with E-state index in [1.807, 2.05) is 18.2 Å². The summed E-state index contributed by atoms with van der Waals surface area (Å²) < 4.78 is 12.1. The highest BCUT2D eigenvalue weighted by Crippen LogP contribution is 2.05. The molecule has 0 radical (unpaired) electrons. The number of carboxylic acid groups (broad SMARTS) is 1. The molecule has 0 aliphatic rings. The molecule has 2 nitrogen and oxygen atoms in total. The minimum atomic E-state index is -0.786. The van der Waals surface area contributed by atoms with Crippen molar-refractivity contribution in [3.05, 3.63) is 66.0 Å². The van der Waals surface area contributed by atoms with Crippen LogP contribution in [0, 0.1) is 5.82 Å². The van der Waals surface area contributed by atoms with E-state index < -0.39 is 5.97 Å². The van der Waals surface area contributed by atoms with Gasteiger partial charge in [-0.25, -0.2) is 4.39 Å². The normalized spacial score (nSPS) is 9.22. The predicted octanol–water partition coefficient (Wildman–Crippen LogP) is 3.43. The Balaban J connectivity index is 0.000000184. The van der Waals surface area contributed by atoms with Crippen LogP contribution in [-0.4, -0.2) is 11.1 Å². The molecule has 0 amide bonds. The van der Waals surface area contributed by atoms with Crippen LogP contribution in [0.3, 0.4) is 0 Å². The second-order valence-corrected chi connectivity index (χ2v) is 4.05. The zero-order valence-corrected chi connectivity index (χ0v) is 10.5. The lowest BCUT2D eigenvalue weighted by molar-refractivity contribution is -0.136. The van der Waals surface area contributed by atoms with Crippen molar-refractivity contribution in [3.8, 4) is 0 Å². The second-order valence-electron chi connectivity index (χ2n) is 3.53. The first-order chi connectivity index (χ1) is 8.58. The molecule has 18 heavy (non-hydrogen) atoms. The number of benzene rings is 2. The van der Waals surface area contributed by atoms with Crippen LogP contribution in [0.25, 0.3) is 0 Å². The van der Waals surface area contributed by atoms with Crippen molar-refractivity contribution in [1.29, 1.82) is 0 Å². The number of thiol groups is 1. The second kappa shape index (κ2) is 7.50. The molecular weight excluding hydrogens is 251 g/mol. The van der Waals surface area contributed by atoms with Gasteiger partial charge in [0.05, 0.1) is 6.42 Å². The molecule has 0 unspecified atom stereocenters. The Morgan fingerprint density at radius 3 is 2.06 bits per heavy atom. The summed E-state index contributed by atoms with van der Waals surface area (Å²) in [7, 11) is 0. The van der Waals surface area contributed by atoms with Gasteiger partial charge in [0, 0.05) is 4.90 Å². The quantitative estimate of drug-likeness (QED) is 0.815. The highest BCUT2D eigenvalue weighted by molar-refractivity contribution is 7.80. The van der Waals surface area contributed by atoms with E-state index in [0.29, 0.717) is 0 Å². The van der Waals surface area contributed by atoms with Crippen molar-refractivity contribution in [2.45, 2.75) is 11.3 Å². The van der Waals surface area contributed by atoms with Gasteiger partial charge in [-0.05, 0) is 29.8 Å². The van der Waals surface area contributed by atoms with E-state index in [1.165, 1.54) is 12.1 Å². The Morgan fingerprint density at radius 1 is 1.06 bits per heavy atom. The van der Waals surface area contributed by atoms with Gasteiger partial charge in [-0.1, -0.05) is 30.3 Å². The third kappa shape index (κ3) is 6.06. The van der Waals surface area contributed by atoms with Gasteiger partial charge in [-0.15, -0.1) is 12.6 Å². The fraction of sp³-hybridized carbons (Fsp3) is 0.0714. The Bertz CT molecular complexity index is 462. The molecule has 0 saturated carbocycles. The van der Waals surface area contributed by atoms with Crippen LogP contribution < -0.4 is 0 Å². The summed E-state index contributed by atoms with van der Waals surface area (Å²) in [4.78, 5) is 11.0. The summed E-state index contributed by atoms with van der Waals surface area (Å²) in [6.45, 7) is 0. The van der Waals surface area contributed by atoms with Gasteiger partial charge >= 0.3 is 5.97 Å². The maximum Gasteiger partial charge on any atom is 0.307 e. The third-order valence-corrected chi connectivity index (χ3v) is 2.32. The van der Waals surface area contributed by atoms with Crippen molar-refractivity contribution in [2.24, 2.45) is 0 Å². The van der Waals surface area contributed by atoms with Crippen LogP contribution in [0.1, 0.15) is 5.56 Å². The first-order valence-corrected chi connectivity index (χ1v) is 5.73. The predicted molar refractivity (Wildman–Crippen MR) is 71.4 cm³/mol. The molecule has 0 aliphatic heterocycles. The smallest absolute Gasteiger partial charge is 0.307 e. The minimum absolute atomic E-state index is 0.112. The Kier molecular flexibility index (Phi) is 5.94. The summed E-state index contributed by atoms with van der Waals surface area (Å²) in [6, 6.07) is 15.1. The Hall–Kier alpha value is -1.81. The lowest BCUT2D eigenvalue weighted by Gasteiger charge is -1.92. The molecule has 0 aromatic heterocycles. The molecule has 0 spiro atoms. The van der Waals surface area contributed by atoms with Gasteiger partial charge in [0.1, 0.15) is 5.82 Å². The summed E-state index contributed by atoms with van der Waals surface area (Å²) in [5.74, 6) is -1.01. The van der Waals surface area contributed by atoms with Crippen molar-refractivity contribution in [2.75, 3.05) is 0 Å². The molecule has 0 bridgehead atoms. The van der Waals surface area contributed by atoms with Gasteiger partial charge in [-0.2, -0.15) is 0 Å². The standard InChI is InChI=1S/C8H8O2.C6H5FS/c9-8(10)6-7-4-2-1-3-5-7;7-5-1-3-6(8)4-2-5/h1-5H,6H2,(H,9,10);1-4,8H. The minimum Gasteiger partial charge on any atom is -0.481 e. The van der Waals surface area contributed by atoms with Gasteiger partial charge in [0.15, 0.2) is 0 Å². The number of rotatable bonds is 2. The summed E-state index contributed by atoms with van der Waals surface area (Å²) in [5.41, 5.74) is 0.843. The summed E-state index contributed by atoms with van der Waals surface area (Å²) in [5, 5.41) is 8.37. The van der Waals surface area contributed by atoms with E-state index in [1.54, 1.807) is 24.3 Å². The number of hydrogen-bond acceptors (Lipinski definition) is 2. The molecule has 0 atom stereocenters. The third-order valence-electron chi connectivity index (χ3n) is 2.02. The van der Waals surface area contributed by atoms with E-state index in [9.17, 15) is 9.18 Å². The number of aliphatic carboxylic acids is 1. The van der Waals surface area contributed by atoms with Gasteiger partial charge in [0.25, 0.3) is 0 Å². The van der Waals surface area contributed by atoms with Crippen LogP contribution in [0.2, 0.25) is 0 Å². The fourth-order valence-corrected chi connectivity index (χ4v) is 1.36.